The van der Waals surface area contributed by atoms with E-state index in [1.54, 1.807) is 13.4 Å². The maximum absolute atomic E-state index is 5.26. The second-order valence-corrected chi connectivity index (χ2v) is 5.37. The summed E-state index contributed by atoms with van der Waals surface area (Å²) in [5, 5.41) is 6.47. The molecule has 1 aromatic heterocycles. The van der Waals surface area contributed by atoms with Gasteiger partial charge in [-0.3, -0.25) is 0 Å². The lowest BCUT2D eigenvalue weighted by atomic mass is 10.1. The quantitative estimate of drug-likeness (QED) is 0.824. The molecule has 0 amide bonds. The molecule has 0 unspecified atom stereocenters. The first-order valence-electron chi connectivity index (χ1n) is 6.81. The molecule has 2 N–H and O–H groups in total. The van der Waals surface area contributed by atoms with E-state index in [1.165, 1.54) is 0 Å². The van der Waals surface area contributed by atoms with E-state index in [9.17, 15) is 0 Å². The topological polar surface area (TPSA) is 59.1 Å². The summed E-state index contributed by atoms with van der Waals surface area (Å²) in [6, 6.07) is 5.78. The molecule has 0 spiro atoms. The Kier molecular flexibility index (Phi) is 5.38. The van der Waals surface area contributed by atoms with Crippen LogP contribution >= 0.6 is 15.9 Å². The van der Waals surface area contributed by atoms with Crippen LogP contribution in [-0.4, -0.2) is 24.1 Å². The van der Waals surface area contributed by atoms with Crippen molar-refractivity contribution in [3.05, 3.63) is 34.6 Å². The van der Waals surface area contributed by atoms with Crippen molar-refractivity contribution in [3.8, 4) is 5.75 Å². The molecular formula is C15H19BrN4O. The molecule has 1 aromatic carbocycles. The lowest BCUT2D eigenvalue weighted by molar-refractivity contribution is 0.415. The minimum Gasteiger partial charge on any atom is -0.497 e. The lowest BCUT2D eigenvalue weighted by Crippen LogP contribution is -2.06. The molecule has 0 radical (unpaired) electrons. The van der Waals surface area contributed by atoms with Crippen LogP contribution in [0.1, 0.15) is 18.9 Å². The van der Waals surface area contributed by atoms with Gasteiger partial charge in [-0.1, -0.05) is 13.3 Å². The summed E-state index contributed by atoms with van der Waals surface area (Å²) in [7, 11) is 3.52. The predicted molar refractivity (Wildman–Crippen MR) is 89.6 cm³/mol. The number of nitrogens with zero attached hydrogens (tertiary/aromatic N) is 2. The molecule has 0 saturated heterocycles. The molecule has 0 aliphatic carbocycles. The summed E-state index contributed by atoms with van der Waals surface area (Å²) in [6.07, 6.45) is 3.48. The Morgan fingerprint density at radius 1 is 1.24 bits per heavy atom. The van der Waals surface area contributed by atoms with Gasteiger partial charge in [0.15, 0.2) is 0 Å². The number of aromatic nitrogens is 2. The number of methoxy groups -OCH3 is 1. The third kappa shape index (κ3) is 3.64. The summed E-state index contributed by atoms with van der Waals surface area (Å²) in [5.41, 5.74) is 1.99. The number of rotatable bonds is 6. The van der Waals surface area contributed by atoms with Gasteiger partial charge in [-0.15, -0.1) is 0 Å². The molecule has 2 aromatic rings. The van der Waals surface area contributed by atoms with Gasteiger partial charge in [-0.05, 0) is 34.5 Å². The van der Waals surface area contributed by atoms with E-state index >= 15 is 0 Å². The van der Waals surface area contributed by atoms with Crippen LogP contribution in [0.25, 0.3) is 0 Å². The van der Waals surface area contributed by atoms with E-state index in [1.807, 2.05) is 25.2 Å². The van der Waals surface area contributed by atoms with Gasteiger partial charge < -0.3 is 15.4 Å². The molecule has 1 heterocycles. The van der Waals surface area contributed by atoms with Gasteiger partial charge in [0.2, 0.25) is 0 Å². The van der Waals surface area contributed by atoms with Crippen LogP contribution in [0.2, 0.25) is 0 Å². The van der Waals surface area contributed by atoms with Gasteiger partial charge in [0, 0.05) is 23.2 Å². The molecule has 0 bridgehead atoms. The highest BCUT2D eigenvalue weighted by Gasteiger charge is 2.11. The van der Waals surface area contributed by atoms with Crippen LogP contribution < -0.4 is 15.4 Å². The van der Waals surface area contributed by atoms with Crippen molar-refractivity contribution in [1.29, 1.82) is 0 Å². The largest absolute Gasteiger partial charge is 0.497 e. The van der Waals surface area contributed by atoms with Gasteiger partial charge in [-0.2, -0.15) is 0 Å². The molecular weight excluding hydrogens is 332 g/mol. The second-order valence-electron chi connectivity index (χ2n) is 4.52. The third-order valence-corrected chi connectivity index (χ3v) is 3.80. The zero-order valence-electron chi connectivity index (χ0n) is 12.4. The van der Waals surface area contributed by atoms with Gasteiger partial charge in [0.1, 0.15) is 23.7 Å². The first kappa shape index (κ1) is 15.6. The number of hydrogen-bond donors (Lipinski definition) is 2. The highest BCUT2D eigenvalue weighted by Crippen LogP contribution is 2.31. The SMILES string of the molecule is CCCc1c(NC)ncnc1Nc1cc(OC)ccc1Br. The van der Waals surface area contributed by atoms with Crippen LogP contribution in [0, 0.1) is 0 Å². The molecule has 5 nitrogen and oxygen atoms in total. The fourth-order valence-corrected chi connectivity index (χ4v) is 2.42. The minimum absolute atomic E-state index is 0.792. The van der Waals surface area contributed by atoms with E-state index in [-0.39, 0.29) is 0 Å². The normalized spacial score (nSPS) is 10.3. The molecule has 2 rings (SSSR count). The highest BCUT2D eigenvalue weighted by molar-refractivity contribution is 9.10. The molecule has 0 saturated carbocycles. The Morgan fingerprint density at radius 3 is 2.67 bits per heavy atom. The fourth-order valence-electron chi connectivity index (χ4n) is 2.08. The monoisotopic (exact) mass is 350 g/mol. The van der Waals surface area contributed by atoms with Crippen LogP contribution in [0.4, 0.5) is 17.3 Å². The average molecular weight is 351 g/mol. The van der Waals surface area contributed by atoms with Crippen molar-refractivity contribution in [2.75, 3.05) is 24.8 Å². The van der Waals surface area contributed by atoms with Gasteiger partial charge in [-0.25, -0.2) is 9.97 Å². The van der Waals surface area contributed by atoms with E-state index in [4.69, 9.17) is 4.74 Å². The van der Waals surface area contributed by atoms with Crippen molar-refractivity contribution < 1.29 is 4.74 Å². The van der Waals surface area contributed by atoms with E-state index in [2.05, 4.69) is 43.5 Å². The summed E-state index contributed by atoms with van der Waals surface area (Å²) < 4.78 is 6.22. The van der Waals surface area contributed by atoms with Crippen LogP contribution in [0.3, 0.4) is 0 Å². The molecule has 0 aliphatic rings. The van der Waals surface area contributed by atoms with E-state index in [0.29, 0.717) is 0 Å². The minimum atomic E-state index is 0.792. The predicted octanol–water partition coefficient (Wildman–Crippen LogP) is 3.99. The summed E-state index contributed by atoms with van der Waals surface area (Å²) in [5.74, 6) is 2.46. The average Bonchev–Trinajstić information content (AvgIpc) is 2.51. The van der Waals surface area contributed by atoms with Gasteiger partial charge >= 0.3 is 0 Å². The summed E-state index contributed by atoms with van der Waals surface area (Å²) in [6.45, 7) is 2.14. The zero-order valence-corrected chi connectivity index (χ0v) is 14.0. The molecule has 6 heteroatoms. The van der Waals surface area contributed by atoms with Crippen molar-refractivity contribution in [3.63, 3.8) is 0 Å². The summed E-state index contributed by atoms with van der Waals surface area (Å²) in [4.78, 5) is 8.65. The van der Waals surface area contributed by atoms with Crippen LogP contribution in [0.15, 0.2) is 29.0 Å². The number of ether oxygens (including phenoxy) is 1. The number of nitrogens with one attached hydrogen (secondary N) is 2. The van der Waals surface area contributed by atoms with Crippen molar-refractivity contribution >= 4 is 33.3 Å². The molecule has 21 heavy (non-hydrogen) atoms. The maximum Gasteiger partial charge on any atom is 0.139 e. The standard InChI is InChI=1S/C15H19BrN4O/c1-4-5-11-14(17-2)18-9-19-15(11)20-13-8-10(21-3)6-7-12(13)16/h6-9H,4-5H2,1-3H3,(H2,17,18,19,20). The van der Waals surface area contributed by atoms with Gasteiger partial charge in [0.25, 0.3) is 0 Å². The molecule has 0 aliphatic heterocycles. The van der Waals surface area contributed by atoms with E-state index < -0.39 is 0 Å². The number of halogens is 1. The summed E-state index contributed by atoms with van der Waals surface area (Å²) >= 11 is 3.54. The fraction of sp³-hybridized carbons (Fsp3) is 0.333. The Labute approximate surface area is 133 Å². The Morgan fingerprint density at radius 2 is 2.00 bits per heavy atom. The first-order chi connectivity index (χ1) is 10.2. The Balaban J connectivity index is 2.39. The zero-order chi connectivity index (χ0) is 15.2. The number of hydrogen-bond acceptors (Lipinski definition) is 5. The molecule has 0 fully saturated rings. The van der Waals surface area contributed by atoms with Crippen LogP contribution in [0.5, 0.6) is 5.75 Å². The smallest absolute Gasteiger partial charge is 0.139 e. The maximum atomic E-state index is 5.26. The highest BCUT2D eigenvalue weighted by atomic mass is 79.9. The van der Waals surface area contributed by atoms with E-state index in [0.717, 1.165) is 46.0 Å². The van der Waals surface area contributed by atoms with Crippen molar-refractivity contribution in [1.82, 2.24) is 9.97 Å². The molecule has 112 valence electrons. The molecule has 0 atom stereocenters. The van der Waals surface area contributed by atoms with Gasteiger partial charge in [0.05, 0.1) is 12.8 Å². The number of anilines is 3. The van der Waals surface area contributed by atoms with Crippen molar-refractivity contribution in [2.45, 2.75) is 19.8 Å². The third-order valence-electron chi connectivity index (χ3n) is 3.11. The Bertz CT molecular complexity index is 619. The van der Waals surface area contributed by atoms with Crippen LogP contribution in [-0.2, 0) is 6.42 Å². The Hall–Kier alpha value is -1.82. The van der Waals surface area contributed by atoms with Crippen molar-refractivity contribution in [2.24, 2.45) is 0 Å². The second kappa shape index (κ2) is 7.26. The first-order valence-corrected chi connectivity index (χ1v) is 7.61. The lowest BCUT2D eigenvalue weighted by Gasteiger charge is -2.15. The number of benzene rings is 1.